The average molecular weight is 286 g/mol. The summed E-state index contributed by atoms with van der Waals surface area (Å²) in [6, 6.07) is 12.8. The Morgan fingerprint density at radius 1 is 1.00 bits per heavy atom. The van der Waals surface area contributed by atoms with Crippen LogP contribution in [0.25, 0.3) is 0 Å². The Morgan fingerprint density at radius 2 is 1.68 bits per heavy atom. The van der Waals surface area contributed by atoms with Gasteiger partial charge in [0.2, 0.25) is 0 Å². The Labute approximate surface area is 114 Å². The summed E-state index contributed by atoms with van der Waals surface area (Å²) in [6.07, 6.45) is -4.37. The fourth-order valence-electron chi connectivity index (χ4n) is 1.63. The molecule has 0 atom stereocenters. The Balaban J connectivity index is 2.10. The van der Waals surface area contributed by atoms with Crippen molar-refractivity contribution in [1.29, 1.82) is 0 Å². The molecule has 2 rings (SSSR count). The fraction of sp³-hybridized carbons (Fsp3) is 0.143. The quantitative estimate of drug-likeness (QED) is 0.839. The normalized spacial score (nSPS) is 11.4. The third kappa shape index (κ3) is 3.64. The third-order valence-corrected chi connectivity index (χ3v) is 2.93. The van der Waals surface area contributed by atoms with E-state index in [1.807, 2.05) is 30.3 Å². The van der Waals surface area contributed by atoms with Gasteiger partial charge < -0.3 is 5.32 Å². The average Bonchev–Trinajstić information content (AvgIpc) is 2.37. The maximum Gasteiger partial charge on any atom is 0.416 e. The van der Waals surface area contributed by atoms with Crippen molar-refractivity contribution >= 4 is 17.3 Å². The summed E-state index contributed by atoms with van der Waals surface area (Å²) in [5, 5.41) is 3.07. The molecule has 0 aliphatic heterocycles. The second-order valence-electron chi connectivity index (χ2n) is 4.03. The zero-order valence-corrected chi connectivity index (χ0v) is 10.6. The second-order valence-corrected chi connectivity index (χ2v) is 4.44. The van der Waals surface area contributed by atoms with Crippen molar-refractivity contribution in [1.82, 2.24) is 0 Å². The highest BCUT2D eigenvalue weighted by Gasteiger charge is 2.30. The molecule has 0 radical (unpaired) electrons. The number of benzene rings is 2. The van der Waals surface area contributed by atoms with Gasteiger partial charge in [0, 0.05) is 6.54 Å². The van der Waals surface area contributed by atoms with E-state index in [-0.39, 0.29) is 5.02 Å². The van der Waals surface area contributed by atoms with Crippen LogP contribution >= 0.6 is 11.6 Å². The van der Waals surface area contributed by atoms with Gasteiger partial charge in [0.15, 0.2) is 0 Å². The predicted molar refractivity (Wildman–Crippen MR) is 70.2 cm³/mol. The van der Waals surface area contributed by atoms with Crippen molar-refractivity contribution in [3.05, 3.63) is 64.7 Å². The maximum absolute atomic E-state index is 12.5. The molecule has 0 aliphatic rings. The van der Waals surface area contributed by atoms with Crippen LogP contribution in [0.1, 0.15) is 11.1 Å². The lowest BCUT2D eigenvalue weighted by molar-refractivity contribution is -0.137. The van der Waals surface area contributed by atoms with Crippen molar-refractivity contribution in [3.63, 3.8) is 0 Å². The molecular weight excluding hydrogens is 275 g/mol. The van der Waals surface area contributed by atoms with E-state index in [0.29, 0.717) is 12.2 Å². The lowest BCUT2D eigenvalue weighted by Gasteiger charge is -2.11. The molecule has 1 N–H and O–H groups in total. The molecule has 0 saturated carbocycles. The van der Waals surface area contributed by atoms with Crippen molar-refractivity contribution in [2.75, 3.05) is 5.32 Å². The predicted octanol–water partition coefficient (Wildman–Crippen LogP) is 4.97. The van der Waals surface area contributed by atoms with E-state index in [0.717, 1.165) is 17.7 Å². The summed E-state index contributed by atoms with van der Waals surface area (Å²) in [5.74, 6) is 0. The number of anilines is 1. The Hall–Kier alpha value is -1.68. The van der Waals surface area contributed by atoms with Crippen molar-refractivity contribution in [3.8, 4) is 0 Å². The number of nitrogens with one attached hydrogen (secondary N) is 1. The minimum absolute atomic E-state index is 0.0609. The van der Waals surface area contributed by atoms with Crippen molar-refractivity contribution in [2.24, 2.45) is 0 Å². The SMILES string of the molecule is FC(F)(F)c1ccc(NCc2ccccc2)c(Cl)c1. The van der Waals surface area contributed by atoms with E-state index < -0.39 is 11.7 Å². The summed E-state index contributed by atoms with van der Waals surface area (Å²) >= 11 is 5.84. The zero-order chi connectivity index (χ0) is 13.9. The molecular formula is C14H11ClF3N. The van der Waals surface area contributed by atoms with E-state index in [1.54, 1.807) is 0 Å². The molecule has 0 heterocycles. The van der Waals surface area contributed by atoms with Gasteiger partial charge in [0.1, 0.15) is 0 Å². The van der Waals surface area contributed by atoms with E-state index >= 15 is 0 Å². The minimum Gasteiger partial charge on any atom is -0.380 e. The highest BCUT2D eigenvalue weighted by molar-refractivity contribution is 6.33. The van der Waals surface area contributed by atoms with Crippen LogP contribution in [0.2, 0.25) is 5.02 Å². The van der Waals surface area contributed by atoms with Gasteiger partial charge in [-0.1, -0.05) is 41.9 Å². The second kappa shape index (κ2) is 5.53. The zero-order valence-electron chi connectivity index (χ0n) is 9.84. The summed E-state index contributed by atoms with van der Waals surface area (Å²) in [6.45, 7) is 0.506. The Bertz CT molecular complexity index is 552. The first-order valence-electron chi connectivity index (χ1n) is 5.61. The number of rotatable bonds is 3. The van der Waals surface area contributed by atoms with Crippen LogP contribution in [0.4, 0.5) is 18.9 Å². The first kappa shape index (κ1) is 13.7. The molecule has 0 aromatic heterocycles. The van der Waals surface area contributed by atoms with Gasteiger partial charge in [-0.15, -0.1) is 0 Å². The van der Waals surface area contributed by atoms with Gasteiger partial charge in [0.25, 0.3) is 0 Å². The number of hydrogen-bond acceptors (Lipinski definition) is 1. The molecule has 0 amide bonds. The van der Waals surface area contributed by atoms with Gasteiger partial charge in [-0.25, -0.2) is 0 Å². The lowest BCUT2D eigenvalue weighted by atomic mass is 10.2. The first-order valence-corrected chi connectivity index (χ1v) is 5.99. The van der Waals surface area contributed by atoms with E-state index in [9.17, 15) is 13.2 Å². The molecule has 0 saturated heterocycles. The molecule has 0 unspecified atom stereocenters. The summed E-state index contributed by atoms with van der Waals surface area (Å²) in [4.78, 5) is 0. The monoisotopic (exact) mass is 285 g/mol. The van der Waals surface area contributed by atoms with Crippen molar-refractivity contribution in [2.45, 2.75) is 12.7 Å². The molecule has 0 spiro atoms. The molecule has 100 valence electrons. The minimum atomic E-state index is -4.37. The highest BCUT2D eigenvalue weighted by atomic mass is 35.5. The van der Waals surface area contributed by atoms with Crippen LogP contribution in [-0.2, 0) is 12.7 Å². The highest BCUT2D eigenvalue weighted by Crippen LogP contribution is 2.33. The van der Waals surface area contributed by atoms with Gasteiger partial charge in [-0.05, 0) is 23.8 Å². The van der Waals surface area contributed by atoms with Crippen LogP contribution in [-0.4, -0.2) is 0 Å². The third-order valence-electron chi connectivity index (χ3n) is 2.62. The summed E-state index contributed by atoms with van der Waals surface area (Å²) in [5.41, 5.74) is 0.764. The van der Waals surface area contributed by atoms with Gasteiger partial charge in [-0.3, -0.25) is 0 Å². The number of alkyl halides is 3. The molecule has 5 heteroatoms. The molecule has 19 heavy (non-hydrogen) atoms. The first-order chi connectivity index (χ1) is 8.97. The molecule has 0 fully saturated rings. The van der Waals surface area contributed by atoms with E-state index in [2.05, 4.69) is 5.32 Å². The number of halogens is 4. The van der Waals surface area contributed by atoms with E-state index in [4.69, 9.17) is 11.6 Å². The Morgan fingerprint density at radius 3 is 2.26 bits per heavy atom. The molecule has 1 nitrogen and oxygen atoms in total. The lowest BCUT2D eigenvalue weighted by Crippen LogP contribution is -2.06. The molecule has 2 aromatic rings. The summed E-state index contributed by atoms with van der Waals surface area (Å²) < 4.78 is 37.4. The van der Waals surface area contributed by atoms with Gasteiger partial charge in [-0.2, -0.15) is 13.2 Å². The largest absolute Gasteiger partial charge is 0.416 e. The van der Waals surface area contributed by atoms with Crippen LogP contribution in [0.5, 0.6) is 0 Å². The molecule has 0 aliphatic carbocycles. The molecule has 0 bridgehead atoms. The van der Waals surface area contributed by atoms with Crippen LogP contribution in [0.15, 0.2) is 48.5 Å². The standard InChI is InChI=1S/C14H11ClF3N/c15-12-8-11(14(16,17)18)6-7-13(12)19-9-10-4-2-1-3-5-10/h1-8,19H,9H2. The van der Waals surface area contributed by atoms with E-state index in [1.165, 1.54) is 6.07 Å². The van der Waals surface area contributed by atoms with Gasteiger partial charge in [0.05, 0.1) is 16.3 Å². The van der Waals surface area contributed by atoms with Crippen molar-refractivity contribution < 1.29 is 13.2 Å². The molecule has 2 aromatic carbocycles. The van der Waals surface area contributed by atoms with Crippen LogP contribution in [0, 0.1) is 0 Å². The van der Waals surface area contributed by atoms with Gasteiger partial charge >= 0.3 is 6.18 Å². The maximum atomic E-state index is 12.5. The topological polar surface area (TPSA) is 12.0 Å². The smallest absolute Gasteiger partial charge is 0.380 e. The number of hydrogen-bond donors (Lipinski definition) is 1. The van der Waals surface area contributed by atoms with Crippen LogP contribution in [0.3, 0.4) is 0 Å². The fourth-order valence-corrected chi connectivity index (χ4v) is 1.88. The summed E-state index contributed by atoms with van der Waals surface area (Å²) in [7, 11) is 0. The Kier molecular flexibility index (Phi) is 4.00. The van der Waals surface area contributed by atoms with Crippen LogP contribution < -0.4 is 5.32 Å².